The molecule has 0 aliphatic carbocycles. The number of hydrogen-bond acceptors (Lipinski definition) is 3. The maximum absolute atomic E-state index is 11.4. The first-order chi connectivity index (χ1) is 10.2. The Labute approximate surface area is 128 Å². The maximum Gasteiger partial charge on any atom is 0.220 e. The summed E-state index contributed by atoms with van der Waals surface area (Å²) in [6, 6.07) is 0.228. The molecule has 114 valence electrons. The predicted molar refractivity (Wildman–Crippen MR) is 81.6 cm³/mol. The molecule has 0 saturated carbocycles. The monoisotopic (exact) mass is 309 g/mol. The fraction of sp³-hybridized carbons (Fsp3) is 0.643. The Morgan fingerprint density at radius 1 is 1.48 bits per heavy atom. The average molecular weight is 310 g/mol. The minimum absolute atomic E-state index is 0.126. The second-order valence-corrected chi connectivity index (χ2v) is 5.81. The molecule has 1 fully saturated rings. The molecule has 1 aliphatic rings. The molecule has 6 nitrogen and oxygen atoms in total. The number of imidazole rings is 1. The van der Waals surface area contributed by atoms with Crippen molar-refractivity contribution in [1.29, 1.82) is 0 Å². The van der Waals surface area contributed by atoms with Gasteiger partial charge in [0.2, 0.25) is 5.91 Å². The van der Waals surface area contributed by atoms with Gasteiger partial charge in [-0.1, -0.05) is 6.92 Å². The summed E-state index contributed by atoms with van der Waals surface area (Å²) >= 11 is 5.93. The lowest BCUT2D eigenvalue weighted by Gasteiger charge is -2.25. The zero-order valence-electron chi connectivity index (χ0n) is 12.4. The van der Waals surface area contributed by atoms with Crippen molar-refractivity contribution in [3.8, 4) is 0 Å². The van der Waals surface area contributed by atoms with E-state index in [1.165, 1.54) is 0 Å². The molecule has 1 saturated heterocycles. The first-order valence-corrected chi connectivity index (χ1v) is 7.94. The molecular weight excluding hydrogens is 290 g/mol. The second-order valence-electron chi connectivity index (χ2n) is 5.43. The summed E-state index contributed by atoms with van der Waals surface area (Å²) in [5.41, 5.74) is 3.02. The van der Waals surface area contributed by atoms with E-state index in [1.807, 2.05) is 11.7 Å². The third kappa shape index (κ3) is 2.41. The fourth-order valence-corrected chi connectivity index (χ4v) is 3.24. The van der Waals surface area contributed by atoms with Gasteiger partial charge in [-0.25, -0.2) is 4.98 Å². The molecule has 3 rings (SSSR count). The summed E-state index contributed by atoms with van der Waals surface area (Å²) in [7, 11) is 1.95. The molecular formula is C14H20ClN5O. The van der Waals surface area contributed by atoms with Crippen molar-refractivity contribution in [3.05, 3.63) is 11.5 Å². The van der Waals surface area contributed by atoms with Crippen molar-refractivity contribution in [2.24, 2.45) is 7.05 Å². The third-order valence-electron chi connectivity index (χ3n) is 4.07. The van der Waals surface area contributed by atoms with Crippen LogP contribution >= 0.6 is 11.6 Å². The maximum atomic E-state index is 11.4. The van der Waals surface area contributed by atoms with Gasteiger partial charge in [0.15, 0.2) is 5.65 Å². The van der Waals surface area contributed by atoms with Crippen molar-refractivity contribution >= 4 is 28.7 Å². The summed E-state index contributed by atoms with van der Waals surface area (Å²) in [6.07, 6.45) is 2.97. The zero-order valence-corrected chi connectivity index (χ0v) is 13.2. The smallest absolute Gasteiger partial charge is 0.220 e. The van der Waals surface area contributed by atoms with Crippen LogP contribution in [0.2, 0.25) is 0 Å². The van der Waals surface area contributed by atoms with Crippen molar-refractivity contribution in [2.75, 3.05) is 12.4 Å². The number of carbonyl (C=O) groups excluding carboxylic acids is 1. The van der Waals surface area contributed by atoms with E-state index in [1.54, 1.807) is 0 Å². The lowest BCUT2D eigenvalue weighted by atomic mass is 10.1. The molecule has 1 atom stereocenters. The molecule has 0 aromatic carbocycles. The van der Waals surface area contributed by atoms with E-state index in [0.717, 1.165) is 41.9 Å². The predicted octanol–water partition coefficient (Wildman–Crippen LogP) is 1.56. The SMILES string of the molecule is CCc1nn(C)c2c1nc(CCCl)n2C1CCC(=O)NC1. The Hall–Kier alpha value is -1.56. The number of carbonyl (C=O) groups is 1. The number of halogens is 1. The van der Waals surface area contributed by atoms with Crippen LogP contribution in [0.3, 0.4) is 0 Å². The molecule has 2 aromatic rings. The number of aryl methyl sites for hydroxylation is 3. The highest BCUT2D eigenvalue weighted by Crippen LogP contribution is 2.28. The van der Waals surface area contributed by atoms with E-state index in [0.29, 0.717) is 18.8 Å². The minimum atomic E-state index is 0.126. The number of piperidine rings is 1. The number of hydrogen-bond donors (Lipinski definition) is 1. The molecule has 1 aliphatic heterocycles. The third-order valence-corrected chi connectivity index (χ3v) is 4.26. The van der Waals surface area contributed by atoms with Crippen LogP contribution in [0.1, 0.15) is 37.3 Å². The highest BCUT2D eigenvalue weighted by Gasteiger charge is 2.26. The average Bonchev–Trinajstić information content (AvgIpc) is 2.98. The van der Waals surface area contributed by atoms with E-state index in [9.17, 15) is 4.79 Å². The van der Waals surface area contributed by atoms with E-state index in [2.05, 4.69) is 21.9 Å². The number of rotatable bonds is 4. The lowest BCUT2D eigenvalue weighted by molar-refractivity contribution is -0.122. The Morgan fingerprint density at radius 3 is 2.90 bits per heavy atom. The molecule has 1 N–H and O–H groups in total. The van der Waals surface area contributed by atoms with Crippen LogP contribution in [-0.4, -0.2) is 37.7 Å². The number of alkyl halides is 1. The second kappa shape index (κ2) is 5.67. The van der Waals surface area contributed by atoms with Crippen LogP contribution in [0.25, 0.3) is 11.2 Å². The molecule has 2 aromatic heterocycles. The van der Waals surface area contributed by atoms with Gasteiger partial charge in [0.25, 0.3) is 0 Å². The number of fused-ring (bicyclic) bond motifs is 1. The van der Waals surface area contributed by atoms with E-state index < -0.39 is 0 Å². The molecule has 21 heavy (non-hydrogen) atoms. The first-order valence-electron chi connectivity index (χ1n) is 7.41. The molecule has 1 unspecified atom stereocenters. The van der Waals surface area contributed by atoms with Gasteiger partial charge in [0.05, 0.1) is 11.7 Å². The molecule has 0 radical (unpaired) electrons. The van der Waals surface area contributed by atoms with Crippen LogP contribution in [0.4, 0.5) is 0 Å². The van der Waals surface area contributed by atoms with Gasteiger partial charge in [0.1, 0.15) is 11.3 Å². The number of nitrogens with zero attached hydrogens (tertiary/aromatic N) is 4. The summed E-state index contributed by atoms with van der Waals surface area (Å²) < 4.78 is 4.12. The van der Waals surface area contributed by atoms with Gasteiger partial charge in [-0.2, -0.15) is 5.10 Å². The fourth-order valence-electron chi connectivity index (χ4n) is 3.07. The topological polar surface area (TPSA) is 64.7 Å². The van der Waals surface area contributed by atoms with Gasteiger partial charge in [0, 0.05) is 32.3 Å². The van der Waals surface area contributed by atoms with Crippen molar-refractivity contribution in [2.45, 2.75) is 38.6 Å². The van der Waals surface area contributed by atoms with E-state index in [4.69, 9.17) is 16.6 Å². The summed E-state index contributed by atoms with van der Waals surface area (Å²) in [5.74, 6) is 1.65. The molecule has 7 heteroatoms. The van der Waals surface area contributed by atoms with Gasteiger partial charge in [-0.05, 0) is 12.8 Å². The Kier molecular flexibility index (Phi) is 3.89. The van der Waals surface area contributed by atoms with Crippen molar-refractivity contribution in [1.82, 2.24) is 24.6 Å². The van der Waals surface area contributed by atoms with Gasteiger partial charge >= 0.3 is 0 Å². The van der Waals surface area contributed by atoms with Crippen LogP contribution in [0.15, 0.2) is 0 Å². The Balaban J connectivity index is 2.11. The standard InChI is InChI=1S/C14H20ClN5O/c1-3-10-13-14(19(2)18-10)20(11(17-13)6-7-15)9-4-5-12(21)16-8-9/h9H,3-8H2,1-2H3,(H,16,21). The normalized spacial score (nSPS) is 19.2. The van der Waals surface area contributed by atoms with Crippen molar-refractivity contribution in [3.63, 3.8) is 0 Å². The zero-order chi connectivity index (χ0) is 15.0. The number of nitrogens with one attached hydrogen (secondary N) is 1. The minimum Gasteiger partial charge on any atom is -0.354 e. The quantitative estimate of drug-likeness (QED) is 0.872. The molecule has 0 spiro atoms. The highest BCUT2D eigenvalue weighted by molar-refractivity contribution is 6.17. The Bertz CT molecular complexity index is 664. The summed E-state index contributed by atoms with van der Waals surface area (Å²) in [4.78, 5) is 16.2. The van der Waals surface area contributed by atoms with Crippen LogP contribution in [0.5, 0.6) is 0 Å². The van der Waals surface area contributed by atoms with Crippen LogP contribution in [-0.2, 0) is 24.7 Å². The lowest BCUT2D eigenvalue weighted by Crippen LogP contribution is -2.36. The van der Waals surface area contributed by atoms with Gasteiger partial charge < -0.3 is 9.88 Å². The largest absolute Gasteiger partial charge is 0.354 e. The Morgan fingerprint density at radius 2 is 2.29 bits per heavy atom. The van der Waals surface area contributed by atoms with Crippen LogP contribution < -0.4 is 5.32 Å². The van der Waals surface area contributed by atoms with E-state index >= 15 is 0 Å². The first kappa shape index (κ1) is 14.4. The van der Waals surface area contributed by atoms with Crippen LogP contribution in [0, 0.1) is 0 Å². The summed E-state index contributed by atoms with van der Waals surface area (Å²) in [5, 5.41) is 7.50. The molecule has 3 heterocycles. The van der Waals surface area contributed by atoms with E-state index in [-0.39, 0.29) is 11.9 Å². The van der Waals surface area contributed by atoms with Gasteiger partial charge in [-0.15, -0.1) is 11.6 Å². The summed E-state index contributed by atoms with van der Waals surface area (Å²) in [6.45, 7) is 2.73. The number of amides is 1. The van der Waals surface area contributed by atoms with Gasteiger partial charge in [-0.3, -0.25) is 9.48 Å². The molecule has 0 bridgehead atoms. The molecule has 1 amide bonds. The number of aromatic nitrogens is 4. The highest BCUT2D eigenvalue weighted by atomic mass is 35.5. The van der Waals surface area contributed by atoms with Crippen molar-refractivity contribution < 1.29 is 4.79 Å².